The van der Waals surface area contributed by atoms with Crippen molar-refractivity contribution in [2.75, 3.05) is 60.5 Å². The molecule has 3 amide bonds. The number of carbonyl (C=O) groups excluding carboxylic acids is 5. The van der Waals surface area contributed by atoms with E-state index < -0.39 is 70.2 Å². The number of ketones is 2. The van der Waals surface area contributed by atoms with Crippen LogP contribution < -0.4 is 15.8 Å². The van der Waals surface area contributed by atoms with Crippen molar-refractivity contribution >= 4 is 39.9 Å². The average molecular weight is 791 g/mol. The SMILES string of the molecule is CO[C@H]1/C=C\C=C(/C)C(=O)NC2=CC(=O)C(N3CCC3)=C(C[C@@H](C)C[C@H](OC)[C@H](OC(=O)NS(=O)(=O)N3CCN(C)CC3)[C@@H](C)/C=C(\C)[C@@H]1OC(N)=O)C2=O. The predicted molar refractivity (Wildman–Crippen MR) is 201 cm³/mol. The number of methoxy groups -OCH3 is 2. The molecule has 0 spiro atoms. The summed E-state index contributed by atoms with van der Waals surface area (Å²) in [5, 5.41) is 2.60. The molecule has 4 rings (SSSR count). The number of allylic oxidation sites excluding steroid dienone is 4. The third kappa shape index (κ3) is 11.1. The van der Waals surface area contributed by atoms with Crippen LogP contribution in [-0.2, 0) is 43.5 Å². The van der Waals surface area contributed by atoms with Crippen molar-refractivity contribution in [2.45, 2.75) is 71.4 Å². The standard InChI is InChI=1S/C37H54N6O11S/c1-22-18-26-31(42-12-9-13-42)28(44)21-27(32(26)45)39-35(46)23(2)10-8-11-29(51-6)33(53-36(38)47)24(3)20-25(4)34(30(19-22)52-7)54-37(48)40-55(49,50)43-16-14-41(5)15-17-43/h8,10-11,20-22,25,29-30,33-34H,9,12-19H2,1-7H3,(H2,38,47)(H,39,46)(H,40,48)/b11-8-,23-10+,24-20+/t22-,25+,29+,30+,33+,34-/m1/s1. The smallest absolute Gasteiger partial charge is 0.422 e. The number of Topliss-reactive ketones (excluding diaryl/α,β-unsaturated/α-hetero) is 1. The summed E-state index contributed by atoms with van der Waals surface area (Å²) >= 11 is 0. The zero-order valence-corrected chi connectivity index (χ0v) is 33.3. The Hall–Kier alpha value is -4.36. The maximum Gasteiger partial charge on any atom is 0.422 e. The fraction of sp³-hybridized carbons (Fsp3) is 0.595. The fourth-order valence-corrected chi connectivity index (χ4v) is 8.00. The first-order valence-corrected chi connectivity index (χ1v) is 19.7. The molecule has 2 bridgehead atoms. The predicted octanol–water partition coefficient (Wildman–Crippen LogP) is 1.69. The first-order chi connectivity index (χ1) is 25.9. The van der Waals surface area contributed by atoms with Crippen LogP contribution in [0.25, 0.3) is 0 Å². The number of fused-ring (bicyclic) bond motifs is 2. The summed E-state index contributed by atoms with van der Waals surface area (Å²) in [5.74, 6) is -2.55. The van der Waals surface area contributed by atoms with Crippen molar-refractivity contribution < 1.29 is 51.3 Å². The summed E-state index contributed by atoms with van der Waals surface area (Å²) in [6, 6.07) is 0. The van der Waals surface area contributed by atoms with Gasteiger partial charge in [0.1, 0.15) is 12.2 Å². The third-order valence-electron chi connectivity index (χ3n) is 10.2. The van der Waals surface area contributed by atoms with Gasteiger partial charge in [-0.25, -0.2) is 14.3 Å². The second kappa shape index (κ2) is 19.0. The van der Waals surface area contributed by atoms with Gasteiger partial charge in [-0.05, 0) is 51.6 Å². The van der Waals surface area contributed by atoms with Gasteiger partial charge in [-0.3, -0.25) is 14.4 Å². The lowest BCUT2D eigenvalue weighted by atomic mass is 9.84. The first kappa shape index (κ1) is 43.4. The molecule has 1 aliphatic carbocycles. The van der Waals surface area contributed by atoms with E-state index in [-0.39, 0.29) is 54.4 Å². The number of likely N-dealkylation sites (tertiary alicyclic amines) is 1. The molecule has 4 aliphatic rings. The normalized spacial score (nSPS) is 30.9. The van der Waals surface area contributed by atoms with E-state index in [1.165, 1.54) is 37.6 Å². The molecular weight excluding hydrogens is 737 g/mol. The molecule has 18 heteroatoms. The lowest BCUT2D eigenvalue weighted by Gasteiger charge is -2.37. The zero-order chi connectivity index (χ0) is 40.6. The Morgan fingerprint density at radius 3 is 2.24 bits per heavy atom. The van der Waals surface area contributed by atoms with E-state index in [1.54, 1.807) is 26.0 Å². The number of primary amides is 1. The summed E-state index contributed by atoms with van der Waals surface area (Å²) < 4.78 is 52.5. The van der Waals surface area contributed by atoms with Gasteiger partial charge in [-0.1, -0.05) is 38.2 Å². The van der Waals surface area contributed by atoms with Gasteiger partial charge < -0.3 is 39.8 Å². The quantitative estimate of drug-likeness (QED) is 0.248. The van der Waals surface area contributed by atoms with Gasteiger partial charge in [-0.15, -0.1) is 0 Å². The van der Waals surface area contributed by atoms with Crippen molar-refractivity contribution in [1.82, 2.24) is 24.1 Å². The molecule has 3 aliphatic heterocycles. The van der Waals surface area contributed by atoms with E-state index in [4.69, 9.17) is 24.7 Å². The summed E-state index contributed by atoms with van der Waals surface area (Å²) in [7, 11) is 0.428. The zero-order valence-electron chi connectivity index (χ0n) is 32.5. The van der Waals surface area contributed by atoms with Gasteiger partial charge in [0.25, 0.3) is 5.91 Å². The molecule has 0 aromatic heterocycles. The molecule has 4 N–H and O–H groups in total. The van der Waals surface area contributed by atoms with Crippen molar-refractivity contribution in [3.05, 3.63) is 58.5 Å². The van der Waals surface area contributed by atoms with Crippen LogP contribution in [0.15, 0.2) is 58.5 Å². The lowest BCUT2D eigenvalue weighted by molar-refractivity contribution is -0.120. The van der Waals surface area contributed by atoms with Gasteiger partial charge >= 0.3 is 22.4 Å². The van der Waals surface area contributed by atoms with Crippen LogP contribution >= 0.6 is 0 Å². The van der Waals surface area contributed by atoms with Crippen LogP contribution in [0.5, 0.6) is 0 Å². The number of hydrogen-bond donors (Lipinski definition) is 3. The average Bonchev–Trinajstić information content (AvgIpc) is 3.09. The van der Waals surface area contributed by atoms with E-state index in [0.29, 0.717) is 31.8 Å². The molecule has 0 aromatic carbocycles. The van der Waals surface area contributed by atoms with Gasteiger partial charge in [0.2, 0.25) is 11.6 Å². The molecule has 2 saturated heterocycles. The minimum Gasteiger partial charge on any atom is -0.442 e. The number of ether oxygens (including phenoxy) is 4. The number of nitrogens with zero attached hydrogens (tertiary/aromatic N) is 3. The first-order valence-electron chi connectivity index (χ1n) is 18.3. The minimum atomic E-state index is -4.25. The number of hydrogen-bond acceptors (Lipinski definition) is 13. The molecule has 0 radical (unpaired) electrons. The van der Waals surface area contributed by atoms with E-state index in [0.717, 1.165) is 12.5 Å². The Morgan fingerprint density at radius 2 is 1.65 bits per heavy atom. The van der Waals surface area contributed by atoms with Crippen LogP contribution in [0.2, 0.25) is 0 Å². The highest BCUT2D eigenvalue weighted by Gasteiger charge is 2.38. The number of likely N-dealkylation sites (N-methyl/N-ethyl adjacent to an activating group) is 1. The summed E-state index contributed by atoms with van der Waals surface area (Å²) in [5.41, 5.74) is 6.49. The van der Waals surface area contributed by atoms with Gasteiger partial charge in [0.05, 0.1) is 17.5 Å². The van der Waals surface area contributed by atoms with Crippen LogP contribution in [0.3, 0.4) is 0 Å². The number of nitrogens with one attached hydrogen (secondary N) is 2. The monoisotopic (exact) mass is 790 g/mol. The Morgan fingerprint density at radius 1 is 0.982 bits per heavy atom. The Labute approximate surface area is 322 Å². The molecule has 17 nitrogen and oxygen atoms in total. The number of amides is 3. The number of carbonyl (C=O) groups is 5. The molecule has 6 atom stereocenters. The number of nitrogens with two attached hydrogens (primary N) is 1. The minimum absolute atomic E-state index is 0.116. The Kier molecular flexibility index (Phi) is 15.0. The summed E-state index contributed by atoms with van der Waals surface area (Å²) in [6.07, 6.45) is 2.25. The summed E-state index contributed by atoms with van der Waals surface area (Å²) in [6.45, 7) is 9.32. The van der Waals surface area contributed by atoms with Crippen LogP contribution in [0.4, 0.5) is 9.59 Å². The van der Waals surface area contributed by atoms with Crippen molar-refractivity contribution in [3.8, 4) is 0 Å². The Balaban J connectivity index is 1.77. The third-order valence-corrected chi connectivity index (χ3v) is 11.6. The Bertz CT molecular complexity index is 1760. The van der Waals surface area contributed by atoms with Crippen LogP contribution in [0.1, 0.15) is 47.0 Å². The molecule has 55 heavy (non-hydrogen) atoms. The molecule has 2 fully saturated rings. The highest BCUT2D eigenvalue weighted by atomic mass is 32.2. The van der Waals surface area contributed by atoms with Gasteiger partial charge in [0.15, 0.2) is 6.10 Å². The van der Waals surface area contributed by atoms with Crippen molar-refractivity contribution in [2.24, 2.45) is 17.6 Å². The largest absolute Gasteiger partial charge is 0.442 e. The van der Waals surface area contributed by atoms with Crippen molar-refractivity contribution in [3.63, 3.8) is 0 Å². The second-order valence-electron chi connectivity index (χ2n) is 14.4. The maximum absolute atomic E-state index is 14.0. The van der Waals surface area contributed by atoms with Crippen LogP contribution in [-0.4, -0.2) is 137 Å². The topological polar surface area (TPSA) is 216 Å². The van der Waals surface area contributed by atoms with Gasteiger partial charge in [0, 0.05) is 76.6 Å². The summed E-state index contributed by atoms with van der Waals surface area (Å²) in [4.78, 5) is 70.1. The van der Waals surface area contributed by atoms with E-state index in [2.05, 4.69) is 5.32 Å². The molecular formula is C37H54N6O11S. The van der Waals surface area contributed by atoms with Gasteiger partial charge in [-0.2, -0.15) is 12.7 Å². The number of piperazine rings is 1. The maximum atomic E-state index is 14.0. The lowest BCUT2D eigenvalue weighted by Crippen LogP contribution is -2.52. The molecule has 0 unspecified atom stereocenters. The number of rotatable bonds is 7. The molecule has 0 aromatic rings. The fourth-order valence-electron chi connectivity index (χ4n) is 6.97. The molecule has 0 saturated carbocycles. The van der Waals surface area contributed by atoms with Crippen molar-refractivity contribution in [1.29, 1.82) is 0 Å². The molecule has 3 heterocycles. The second-order valence-corrected chi connectivity index (χ2v) is 16.1. The highest BCUT2D eigenvalue weighted by molar-refractivity contribution is 7.87. The van der Waals surface area contributed by atoms with E-state index in [1.807, 2.05) is 28.5 Å². The van der Waals surface area contributed by atoms with E-state index in [9.17, 15) is 32.4 Å². The highest BCUT2D eigenvalue weighted by Crippen LogP contribution is 2.33. The van der Waals surface area contributed by atoms with E-state index >= 15 is 0 Å². The molecule has 304 valence electrons. The van der Waals surface area contributed by atoms with Crippen LogP contribution in [0, 0.1) is 11.8 Å².